The summed E-state index contributed by atoms with van der Waals surface area (Å²) in [6.45, 7) is 1.49. The molecular weight excluding hydrogens is 535 g/mol. The maximum absolute atomic E-state index is 13.7. The fraction of sp³-hybridized carbons (Fsp3) is 0.167. The van der Waals surface area contributed by atoms with Gasteiger partial charge in [0.1, 0.15) is 18.1 Å². The van der Waals surface area contributed by atoms with Crippen LogP contribution in [0.5, 0.6) is 5.88 Å². The Morgan fingerprint density at radius 3 is 2.46 bits per heavy atom. The molecule has 8 nitrogen and oxygen atoms in total. The van der Waals surface area contributed by atoms with Crippen molar-refractivity contribution in [2.24, 2.45) is 0 Å². The summed E-state index contributed by atoms with van der Waals surface area (Å²) in [5.41, 5.74) is 8.35. The highest BCUT2D eigenvalue weighted by molar-refractivity contribution is 5.86. The summed E-state index contributed by atoms with van der Waals surface area (Å²) in [6.07, 6.45) is -2.70. The predicted molar refractivity (Wildman–Crippen MR) is 147 cm³/mol. The Balaban J connectivity index is 1.64. The predicted octanol–water partition coefficient (Wildman–Crippen LogP) is 6.32. The van der Waals surface area contributed by atoms with Gasteiger partial charge in [-0.1, -0.05) is 24.3 Å². The molecule has 0 spiro atoms. The van der Waals surface area contributed by atoms with E-state index in [-0.39, 0.29) is 42.5 Å². The number of carboxylic acid groups (broad SMARTS) is 1. The van der Waals surface area contributed by atoms with E-state index in [1.54, 1.807) is 13.0 Å². The third kappa shape index (κ3) is 6.24. The molecule has 11 heteroatoms. The molecule has 0 saturated heterocycles. The molecule has 208 valence electrons. The van der Waals surface area contributed by atoms with E-state index in [0.717, 1.165) is 10.8 Å². The molecule has 5 rings (SSSR count). The zero-order valence-corrected chi connectivity index (χ0v) is 21.8. The summed E-state index contributed by atoms with van der Waals surface area (Å²) in [7, 11) is 0. The Labute approximate surface area is 232 Å². The van der Waals surface area contributed by atoms with Crippen molar-refractivity contribution in [2.75, 3.05) is 5.73 Å². The van der Waals surface area contributed by atoms with Crippen LogP contribution in [0.1, 0.15) is 35.6 Å². The maximum Gasteiger partial charge on any atom is 0.303 e. The normalized spacial score (nSPS) is 11.2. The second kappa shape index (κ2) is 11.6. The number of aliphatic carboxylic acids is 1. The van der Waals surface area contributed by atoms with E-state index in [4.69, 9.17) is 15.6 Å². The van der Waals surface area contributed by atoms with Crippen molar-refractivity contribution in [3.05, 3.63) is 95.3 Å². The topological polar surface area (TPSA) is 124 Å². The lowest BCUT2D eigenvalue weighted by atomic mass is 9.99. The molecule has 0 atom stereocenters. The Bertz CT molecular complexity index is 1750. The summed E-state index contributed by atoms with van der Waals surface area (Å²) >= 11 is 0. The lowest BCUT2D eigenvalue weighted by Crippen LogP contribution is -2.08. The smallest absolute Gasteiger partial charge is 0.303 e. The average molecular weight is 560 g/mol. The number of ether oxygens (including phenoxy) is 1. The average Bonchev–Trinajstić information content (AvgIpc) is 2.94. The van der Waals surface area contributed by atoms with Gasteiger partial charge in [-0.2, -0.15) is 4.98 Å². The van der Waals surface area contributed by atoms with Gasteiger partial charge in [-0.15, -0.1) is 0 Å². The molecular formula is C30H24F3N5O3. The van der Waals surface area contributed by atoms with Gasteiger partial charge in [0.2, 0.25) is 11.8 Å². The van der Waals surface area contributed by atoms with Gasteiger partial charge in [0.15, 0.2) is 0 Å². The largest absolute Gasteiger partial charge is 0.481 e. The number of hydrogen-bond acceptors (Lipinski definition) is 7. The number of fused-ring (bicyclic) bond motifs is 1. The monoisotopic (exact) mass is 559 g/mol. The Morgan fingerprint density at radius 2 is 1.73 bits per heavy atom. The summed E-state index contributed by atoms with van der Waals surface area (Å²) in [4.78, 5) is 28.4. The standard InChI is InChI=1S/C30H24F3N5O3/c1-16-12-19(14-23(35-16)28(32)33)26-27(17-6-8-20(31)9-7-17)37-30(34)38-29(26)41-15-24-22-5-3-2-4-18(22)13-21(36-24)10-11-25(39)40/h2-9,12-14,28H,10-11,15H2,1H3,(H,39,40)(H2,34,37,38). The van der Waals surface area contributed by atoms with Gasteiger partial charge in [-0.25, -0.2) is 18.2 Å². The van der Waals surface area contributed by atoms with Crippen LogP contribution in [0.3, 0.4) is 0 Å². The first-order valence-electron chi connectivity index (χ1n) is 12.6. The minimum absolute atomic E-state index is 0.00413. The molecule has 0 amide bonds. The fourth-order valence-electron chi connectivity index (χ4n) is 4.53. The first kappa shape index (κ1) is 27.5. The first-order chi connectivity index (χ1) is 19.7. The third-order valence-corrected chi connectivity index (χ3v) is 6.31. The molecule has 2 aromatic carbocycles. The van der Waals surface area contributed by atoms with E-state index in [0.29, 0.717) is 28.2 Å². The van der Waals surface area contributed by atoms with Crippen LogP contribution in [0.25, 0.3) is 33.2 Å². The van der Waals surface area contributed by atoms with E-state index >= 15 is 0 Å². The minimum atomic E-state index is -2.83. The molecule has 0 radical (unpaired) electrons. The number of rotatable bonds is 9. The van der Waals surface area contributed by atoms with Crippen molar-refractivity contribution in [3.8, 4) is 28.3 Å². The molecule has 0 unspecified atom stereocenters. The summed E-state index contributed by atoms with van der Waals surface area (Å²) in [6, 6.07) is 17.6. The highest BCUT2D eigenvalue weighted by atomic mass is 19.3. The molecule has 3 aromatic heterocycles. The number of aryl methyl sites for hydroxylation is 2. The maximum atomic E-state index is 13.7. The van der Waals surface area contributed by atoms with Crippen molar-refractivity contribution in [1.29, 1.82) is 0 Å². The summed E-state index contributed by atoms with van der Waals surface area (Å²) in [5.74, 6) is -1.54. The number of nitrogens with zero attached hydrogens (tertiary/aromatic N) is 4. The van der Waals surface area contributed by atoms with Crippen LogP contribution in [0.2, 0.25) is 0 Å². The van der Waals surface area contributed by atoms with Crippen molar-refractivity contribution in [3.63, 3.8) is 0 Å². The SMILES string of the molecule is Cc1cc(-c2c(OCc3nc(CCC(=O)O)cc4ccccc34)nc(N)nc2-c2ccc(F)cc2)cc(C(F)F)n1. The van der Waals surface area contributed by atoms with Crippen LogP contribution >= 0.6 is 0 Å². The van der Waals surface area contributed by atoms with Gasteiger partial charge >= 0.3 is 5.97 Å². The molecule has 0 fully saturated rings. The van der Waals surface area contributed by atoms with E-state index in [1.165, 1.54) is 30.3 Å². The molecule has 0 aliphatic heterocycles. The van der Waals surface area contributed by atoms with Crippen molar-refractivity contribution in [2.45, 2.75) is 32.8 Å². The van der Waals surface area contributed by atoms with Gasteiger partial charge in [-0.05, 0) is 60.3 Å². The number of pyridine rings is 2. The number of alkyl halides is 2. The zero-order chi connectivity index (χ0) is 29.1. The fourth-order valence-corrected chi connectivity index (χ4v) is 4.53. The van der Waals surface area contributed by atoms with E-state index in [1.807, 2.05) is 30.3 Å². The third-order valence-electron chi connectivity index (χ3n) is 6.31. The number of carbonyl (C=O) groups is 1. The van der Waals surface area contributed by atoms with Gasteiger partial charge in [-0.3, -0.25) is 14.8 Å². The quantitative estimate of drug-likeness (QED) is 0.215. The molecule has 0 aliphatic rings. The van der Waals surface area contributed by atoms with Crippen molar-refractivity contribution in [1.82, 2.24) is 19.9 Å². The van der Waals surface area contributed by atoms with Gasteiger partial charge in [0.05, 0.1) is 23.4 Å². The Morgan fingerprint density at radius 1 is 0.976 bits per heavy atom. The lowest BCUT2D eigenvalue weighted by Gasteiger charge is -2.17. The second-order valence-corrected chi connectivity index (χ2v) is 9.30. The Kier molecular flexibility index (Phi) is 7.77. The molecule has 0 aliphatic carbocycles. The van der Waals surface area contributed by atoms with Gasteiger partial charge < -0.3 is 15.6 Å². The first-order valence-corrected chi connectivity index (χ1v) is 12.6. The molecule has 0 saturated carbocycles. The molecule has 5 aromatic rings. The molecule has 3 N–H and O–H groups in total. The number of aromatic nitrogens is 4. The molecule has 3 heterocycles. The van der Waals surface area contributed by atoms with E-state index in [2.05, 4.69) is 19.9 Å². The van der Waals surface area contributed by atoms with Gasteiger partial charge in [0, 0.05) is 28.8 Å². The highest BCUT2D eigenvalue weighted by Gasteiger charge is 2.22. The number of nitrogen functional groups attached to an aromatic ring is 1. The van der Waals surface area contributed by atoms with Crippen LogP contribution in [-0.2, 0) is 17.8 Å². The van der Waals surface area contributed by atoms with E-state index in [9.17, 15) is 18.0 Å². The van der Waals surface area contributed by atoms with Crippen LogP contribution in [-0.4, -0.2) is 31.0 Å². The Hall–Kier alpha value is -5.06. The van der Waals surface area contributed by atoms with Crippen molar-refractivity contribution < 1.29 is 27.8 Å². The van der Waals surface area contributed by atoms with Gasteiger partial charge in [0.25, 0.3) is 6.43 Å². The van der Waals surface area contributed by atoms with Crippen LogP contribution in [0, 0.1) is 12.7 Å². The summed E-state index contributed by atoms with van der Waals surface area (Å²) < 4.78 is 47.3. The number of halogens is 3. The number of hydrogen-bond donors (Lipinski definition) is 2. The highest BCUT2D eigenvalue weighted by Crippen LogP contribution is 2.39. The molecule has 0 bridgehead atoms. The van der Waals surface area contributed by atoms with Crippen molar-refractivity contribution >= 4 is 22.7 Å². The van der Waals surface area contributed by atoms with E-state index < -0.39 is 23.9 Å². The van der Waals surface area contributed by atoms with Crippen LogP contribution < -0.4 is 10.5 Å². The minimum Gasteiger partial charge on any atom is -0.481 e. The van der Waals surface area contributed by atoms with Crippen LogP contribution in [0.4, 0.5) is 19.1 Å². The zero-order valence-electron chi connectivity index (χ0n) is 21.8. The molecule has 41 heavy (non-hydrogen) atoms. The number of anilines is 1. The number of nitrogens with two attached hydrogens (primary N) is 1. The van der Waals surface area contributed by atoms with Crippen LogP contribution in [0.15, 0.2) is 66.7 Å². The lowest BCUT2D eigenvalue weighted by molar-refractivity contribution is -0.136. The number of benzene rings is 2. The second-order valence-electron chi connectivity index (χ2n) is 9.30. The number of carboxylic acids is 1. The summed E-state index contributed by atoms with van der Waals surface area (Å²) in [5, 5.41) is 10.8.